The maximum Gasteiger partial charge on any atom is 0.236 e. The molecule has 0 unspecified atom stereocenters. The molecule has 2 aliphatic rings. The van der Waals surface area contributed by atoms with Crippen LogP contribution in [0.4, 0.5) is 0 Å². The number of nitrogens with zero attached hydrogens (tertiary/aromatic N) is 3. The number of ether oxygens (including phenoxy) is 2. The summed E-state index contributed by atoms with van der Waals surface area (Å²) in [6, 6.07) is 18.4. The predicted octanol–water partition coefficient (Wildman–Crippen LogP) is 3.27. The summed E-state index contributed by atoms with van der Waals surface area (Å²) in [5.41, 5.74) is 1.33. The molecule has 6 heteroatoms. The monoisotopic (exact) mass is 437 g/mol. The summed E-state index contributed by atoms with van der Waals surface area (Å²) in [6.45, 7) is 9.38. The molecular formula is C26H35N3O3. The number of carbonyl (C=O) groups excluding carboxylic acids is 1. The molecule has 2 fully saturated rings. The highest BCUT2D eigenvalue weighted by molar-refractivity contribution is 5.78. The Morgan fingerprint density at radius 1 is 0.844 bits per heavy atom. The largest absolute Gasteiger partial charge is 0.490 e. The molecular weight excluding hydrogens is 402 g/mol. The van der Waals surface area contributed by atoms with Crippen LogP contribution in [0.25, 0.3) is 0 Å². The molecule has 0 N–H and O–H groups in total. The highest BCUT2D eigenvalue weighted by atomic mass is 16.5. The summed E-state index contributed by atoms with van der Waals surface area (Å²) in [5, 5.41) is 0. The highest BCUT2D eigenvalue weighted by Crippen LogP contribution is 2.29. The van der Waals surface area contributed by atoms with Crippen molar-refractivity contribution in [2.75, 3.05) is 52.4 Å². The van der Waals surface area contributed by atoms with Gasteiger partial charge in [-0.25, -0.2) is 0 Å². The van der Waals surface area contributed by atoms with Crippen molar-refractivity contribution in [3.05, 3.63) is 60.2 Å². The topological polar surface area (TPSA) is 45.3 Å². The number of hydrogen-bond donors (Lipinski definition) is 0. The van der Waals surface area contributed by atoms with Gasteiger partial charge < -0.3 is 14.4 Å². The molecule has 0 aliphatic carbocycles. The molecule has 1 amide bonds. The fourth-order valence-electron chi connectivity index (χ4n) is 4.48. The lowest BCUT2D eigenvalue weighted by Crippen LogP contribution is -2.51. The van der Waals surface area contributed by atoms with Gasteiger partial charge in [0, 0.05) is 45.8 Å². The van der Waals surface area contributed by atoms with Crippen LogP contribution in [0.2, 0.25) is 0 Å². The van der Waals surface area contributed by atoms with E-state index in [9.17, 15) is 4.79 Å². The quantitative estimate of drug-likeness (QED) is 0.634. The van der Waals surface area contributed by atoms with E-state index in [1.807, 2.05) is 36.1 Å². The Morgan fingerprint density at radius 3 is 2.19 bits per heavy atom. The predicted molar refractivity (Wildman–Crippen MR) is 126 cm³/mol. The average molecular weight is 438 g/mol. The van der Waals surface area contributed by atoms with Crippen LogP contribution in [-0.4, -0.2) is 79.1 Å². The van der Waals surface area contributed by atoms with Crippen LogP contribution in [0.1, 0.15) is 25.3 Å². The van der Waals surface area contributed by atoms with E-state index in [1.54, 1.807) is 0 Å². The number of likely N-dealkylation sites (tertiary alicyclic amines) is 1. The second kappa shape index (κ2) is 11.3. The Kier molecular flexibility index (Phi) is 8.02. The highest BCUT2D eigenvalue weighted by Gasteiger charge is 2.26. The average Bonchev–Trinajstić information content (AvgIpc) is 2.83. The zero-order valence-corrected chi connectivity index (χ0v) is 19.1. The molecule has 172 valence electrons. The Hall–Kier alpha value is -2.57. The molecule has 6 nitrogen and oxygen atoms in total. The molecule has 2 aliphatic heterocycles. The maximum atomic E-state index is 12.8. The van der Waals surface area contributed by atoms with E-state index >= 15 is 0 Å². The first-order chi connectivity index (χ1) is 15.7. The van der Waals surface area contributed by atoms with Crippen LogP contribution in [0.5, 0.6) is 11.5 Å². The molecule has 2 heterocycles. The molecule has 2 aromatic rings. The van der Waals surface area contributed by atoms with Crippen LogP contribution < -0.4 is 9.47 Å². The van der Waals surface area contributed by atoms with Crippen molar-refractivity contribution in [3.8, 4) is 11.5 Å². The van der Waals surface area contributed by atoms with Gasteiger partial charge in [-0.2, -0.15) is 0 Å². The number of benzene rings is 2. The Balaban J connectivity index is 1.17. The van der Waals surface area contributed by atoms with Gasteiger partial charge in [0.05, 0.1) is 13.2 Å². The van der Waals surface area contributed by atoms with Gasteiger partial charge >= 0.3 is 0 Å². The van der Waals surface area contributed by atoms with E-state index in [0.29, 0.717) is 13.2 Å². The smallest absolute Gasteiger partial charge is 0.236 e. The van der Waals surface area contributed by atoms with E-state index in [0.717, 1.165) is 70.2 Å². The molecule has 0 aromatic heterocycles. The first-order valence-electron chi connectivity index (χ1n) is 11.9. The number of hydrogen-bond acceptors (Lipinski definition) is 5. The third kappa shape index (κ3) is 6.24. The summed E-state index contributed by atoms with van der Waals surface area (Å²) in [5.74, 6) is 1.88. The Labute approximate surface area is 191 Å². The summed E-state index contributed by atoms with van der Waals surface area (Å²) < 4.78 is 11.9. The first kappa shape index (κ1) is 22.6. The molecule has 0 bridgehead atoms. The van der Waals surface area contributed by atoms with Crippen molar-refractivity contribution in [3.63, 3.8) is 0 Å². The van der Waals surface area contributed by atoms with Crippen LogP contribution in [0.15, 0.2) is 54.6 Å². The number of carbonyl (C=O) groups is 1. The molecule has 0 atom stereocenters. The summed E-state index contributed by atoms with van der Waals surface area (Å²) >= 11 is 0. The minimum atomic E-state index is 0.171. The van der Waals surface area contributed by atoms with Crippen LogP contribution in [0, 0.1) is 0 Å². The summed E-state index contributed by atoms with van der Waals surface area (Å²) in [4.78, 5) is 19.6. The zero-order chi connectivity index (χ0) is 22.2. The molecule has 0 saturated carbocycles. The molecule has 2 aromatic carbocycles. The van der Waals surface area contributed by atoms with E-state index in [4.69, 9.17) is 9.47 Å². The molecule has 4 rings (SSSR count). The number of para-hydroxylation sites is 2. The first-order valence-corrected chi connectivity index (χ1v) is 11.9. The molecule has 32 heavy (non-hydrogen) atoms. The van der Waals surface area contributed by atoms with Gasteiger partial charge in [-0.05, 0) is 37.5 Å². The van der Waals surface area contributed by atoms with Crippen molar-refractivity contribution in [2.24, 2.45) is 0 Å². The minimum Gasteiger partial charge on any atom is -0.490 e. The van der Waals surface area contributed by atoms with Crippen molar-refractivity contribution >= 4 is 5.91 Å². The van der Waals surface area contributed by atoms with Crippen molar-refractivity contribution in [2.45, 2.75) is 32.4 Å². The zero-order valence-electron chi connectivity index (χ0n) is 19.1. The Morgan fingerprint density at radius 2 is 1.50 bits per heavy atom. The van der Waals surface area contributed by atoms with Crippen molar-refractivity contribution in [1.82, 2.24) is 14.7 Å². The van der Waals surface area contributed by atoms with E-state index in [2.05, 4.69) is 40.1 Å². The number of piperazine rings is 1. The lowest BCUT2D eigenvalue weighted by molar-refractivity contribution is -0.134. The summed E-state index contributed by atoms with van der Waals surface area (Å²) in [6.07, 6.45) is 2.03. The van der Waals surface area contributed by atoms with Crippen LogP contribution >= 0.6 is 0 Å². The van der Waals surface area contributed by atoms with Crippen LogP contribution in [-0.2, 0) is 11.3 Å². The van der Waals surface area contributed by atoms with Gasteiger partial charge in [-0.15, -0.1) is 0 Å². The van der Waals surface area contributed by atoms with Gasteiger partial charge in [0.2, 0.25) is 5.91 Å². The minimum absolute atomic E-state index is 0.171. The van der Waals surface area contributed by atoms with E-state index < -0.39 is 0 Å². The standard InChI is InChI=1S/C26H35N3O3/c1-2-31-24-10-6-7-11-25(24)32-23-12-14-27(15-13-23)21-26(30)29-18-16-28(17-19-29)20-22-8-4-3-5-9-22/h3-11,23H,2,12-21H2,1H3. The normalized spacial score (nSPS) is 18.5. The summed E-state index contributed by atoms with van der Waals surface area (Å²) in [7, 11) is 0. The van der Waals surface area contributed by atoms with E-state index in [-0.39, 0.29) is 12.0 Å². The lowest BCUT2D eigenvalue weighted by atomic mass is 10.1. The second-order valence-electron chi connectivity index (χ2n) is 8.62. The molecule has 0 spiro atoms. The third-order valence-electron chi connectivity index (χ3n) is 6.31. The fraction of sp³-hybridized carbons (Fsp3) is 0.500. The van der Waals surface area contributed by atoms with Gasteiger partial charge in [-0.1, -0.05) is 42.5 Å². The Bertz CT molecular complexity index is 844. The van der Waals surface area contributed by atoms with Gasteiger partial charge in [0.25, 0.3) is 0 Å². The van der Waals surface area contributed by atoms with Gasteiger partial charge in [0.1, 0.15) is 6.10 Å². The van der Waals surface area contributed by atoms with Crippen LogP contribution in [0.3, 0.4) is 0 Å². The van der Waals surface area contributed by atoms with E-state index in [1.165, 1.54) is 5.56 Å². The second-order valence-corrected chi connectivity index (χ2v) is 8.62. The van der Waals surface area contributed by atoms with Crippen molar-refractivity contribution in [1.29, 1.82) is 0 Å². The van der Waals surface area contributed by atoms with Gasteiger partial charge in [0.15, 0.2) is 11.5 Å². The fourth-order valence-corrected chi connectivity index (χ4v) is 4.48. The number of amides is 1. The van der Waals surface area contributed by atoms with Gasteiger partial charge in [-0.3, -0.25) is 14.6 Å². The molecule has 0 radical (unpaired) electrons. The molecule has 2 saturated heterocycles. The maximum absolute atomic E-state index is 12.8. The van der Waals surface area contributed by atoms with Crippen molar-refractivity contribution < 1.29 is 14.3 Å². The third-order valence-corrected chi connectivity index (χ3v) is 6.31. The number of piperidine rings is 1. The lowest BCUT2D eigenvalue weighted by Gasteiger charge is -2.37. The SMILES string of the molecule is CCOc1ccccc1OC1CCN(CC(=O)N2CCN(Cc3ccccc3)CC2)CC1. The number of rotatable bonds is 8.